The standard InChI is InChI=1S/C57H100O6/c1-4-7-10-13-16-19-22-24-26-28-29-30-32-33-35-38-41-44-47-50-56(59)62-53-54(52-61-55(58)49-46-43-40-37-21-18-15-12-9-6-3)63-57(60)51-48-45-42-39-36-34-31-27-25-23-20-17-14-11-8-5-2/h12,15-16,19-20,23-24,26-27,31,54H,4-11,13-14,17-18,21-22,25,28-30,32-53H2,1-3H3/b15-12-,19-16-,23-20-,26-24-,31-27-. The van der Waals surface area contributed by atoms with Gasteiger partial charge in [-0.15, -0.1) is 0 Å². The van der Waals surface area contributed by atoms with Crippen LogP contribution in [0.4, 0.5) is 0 Å². The minimum absolute atomic E-state index is 0.0845. The lowest BCUT2D eigenvalue weighted by molar-refractivity contribution is -0.167. The first-order valence-corrected chi connectivity index (χ1v) is 26.8. The van der Waals surface area contributed by atoms with Crippen LogP contribution in [0.15, 0.2) is 60.8 Å². The maximum Gasteiger partial charge on any atom is 0.306 e. The Labute approximate surface area is 390 Å². The molecule has 0 heterocycles. The van der Waals surface area contributed by atoms with Crippen LogP contribution in [0.2, 0.25) is 0 Å². The summed E-state index contributed by atoms with van der Waals surface area (Å²) in [6, 6.07) is 0. The molecule has 0 bridgehead atoms. The molecule has 0 aromatic carbocycles. The molecule has 364 valence electrons. The second-order valence-electron chi connectivity index (χ2n) is 17.8. The van der Waals surface area contributed by atoms with Gasteiger partial charge in [-0.3, -0.25) is 14.4 Å². The van der Waals surface area contributed by atoms with E-state index in [1.54, 1.807) is 0 Å². The van der Waals surface area contributed by atoms with Gasteiger partial charge in [-0.05, 0) is 103 Å². The van der Waals surface area contributed by atoms with E-state index in [1.165, 1.54) is 122 Å². The maximum atomic E-state index is 12.8. The van der Waals surface area contributed by atoms with Crippen molar-refractivity contribution in [2.75, 3.05) is 13.2 Å². The highest BCUT2D eigenvalue weighted by atomic mass is 16.6. The van der Waals surface area contributed by atoms with Crippen molar-refractivity contribution in [1.82, 2.24) is 0 Å². The van der Waals surface area contributed by atoms with E-state index < -0.39 is 6.10 Å². The molecule has 0 saturated heterocycles. The van der Waals surface area contributed by atoms with Gasteiger partial charge in [0.2, 0.25) is 0 Å². The van der Waals surface area contributed by atoms with Gasteiger partial charge >= 0.3 is 17.9 Å². The van der Waals surface area contributed by atoms with Gasteiger partial charge in [-0.25, -0.2) is 0 Å². The highest BCUT2D eigenvalue weighted by Crippen LogP contribution is 2.14. The zero-order valence-electron chi connectivity index (χ0n) is 41.6. The van der Waals surface area contributed by atoms with Crippen LogP contribution >= 0.6 is 0 Å². The van der Waals surface area contributed by atoms with Crippen LogP contribution in [0.1, 0.15) is 265 Å². The lowest BCUT2D eigenvalue weighted by Crippen LogP contribution is -2.30. The summed E-state index contributed by atoms with van der Waals surface area (Å²) in [6.07, 6.45) is 63.5. The SMILES string of the molecule is CCC/C=C\CCCCCCCC(=O)OCC(COC(=O)CCCCCCCCCCC/C=C\C/C=C\CCCCC)OC(=O)CCCCCCC/C=C\C/C=C\CCCCCC. The molecule has 0 amide bonds. The number of rotatable bonds is 48. The number of carbonyl (C=O) groups is 3. The summed E-state index contributed by atoms with van der Waals surface area (Å²) in [7, 11) is 0. The summed E-state index contributed by atoms with van der Waals surface area (Å²) in [5.74, 6) is -0.909. The smallest absolute Gasteiger partial charge is 0.306 e. The van der Waals surface area contributed by atoms with Crippen molar-refractivity contribution in [2.24, 2.45) is 0 Å². The molecule has 1 unspecified atom stereocenters. The zero-order valence-corrected chi connectivity index (χ0v) is 41.6. The van der Waals surface area contributed by atoms with Crippen molar-refractivity contribution in [2.45, 2.75) is 271 Å². The van der Waals surface area contributed by atoms with Crippen molar-refractivity contribution < 1.29 is 28.6 Å². The molecule has 0 aliphatic carbocycles. The molecule has 0 fully saturated rings. The van der Waals surface area contributed by atoms with Gasteiger partial charge in [0.1, 0.15) is 13.2 Å². The van der Waals surface area contributed by atoms with Crippen molar-refractivity contribution >= 4 is 17.9 Å². The number of allylic oxidation sites excluding steroid dienone is 10. The van der Waals surface area contributed by atoms with E-state index in [0.29, 0.717) is 19.3 Å². The van der Waals surface area contributed by atoms with Crippen LogP contribution in [-0.2, 0) is 28.6 Å². The fourth-order valence-corrected chi connectivity index (χ4v) is 7.39. The molecule has 0 rings (SSSR count). The van der Waals surface area contributed by atoms with Crippen LogP contribution in [0.3, 0.4) is 0 Å². The van der Waals surface area contributed by atoms with Crippen molar-refractivity contribution in [3.05, 3.63) is 60.8 Å². The number of hydrogen-bond donors (Lipinski definition) is 0. The van der Waals surface area contributed by atoms with Gasteiger partial charge in [-0.2, -0.15) is 0 Å². The molecule has 0 radical (unpaired) electrons. The van der Waals surface area contributed by atoms with E-state index in [2.05, 4.69) is 81.5 Å². The molecule has 63 heavy (non-hydrogen) atoms. The van der Waals surface area contributed by atoms with Crippen LogP contribution in [0.25, 0.3) is 0 Å². The Morgan fingerprint density at radius 3 is 0.984 bits per heavy atom. The summed E-state index contributed by atoms with van der Waals surface area (Å²) < 4.78 is 16.8. The highest BCUT2D eigenvalue weighted by Gasteiger charge is 2.19. The maximum absolute atomic E-state index is 12.8. The van der Waals surface area contributed by atoms with Crippen LogP contribution < -0.4 is 0 Å². The summed E-state index contributed by atoms with van der Waals surface area (Å²) in [4.78, 5) is 38.0. The Kier molecular flexibility index (Phi) is 49.4. The highest BCUT2D eigenvalue weighted by molar-refractivity contribution is 5.71. The largest absolute Gasteiger partial charge is 0.462 e. The summed E-state index contributed by atoms with van der Waals surface area (Å²) >= 11 is 0. The number of carbonyl (C=O) groups excluding carboxylic acids is 3. The predicted octanol–water partition coefficient (Wildman–Crippen LogP) is 17.6. The molecular formula is C57H100O6. The average molecular weight is 881 g/mol. The van der Waals surface area contributed by atoms with Gasteiger partial charge in [0.25, 0.3) is 0 Å². The first-order chi connectivity index (χ1) is 31.0. The van der Waals surface area contributed by atoms with Gasteiger partial charge in [0.15, 0.2) is 6.10 Å². The normalized spacial score (nSPS) is 12.5. The number of ether oxygens (including phenoxy) is 3. The number of unbranched alkanes of at least 4 members (excludes halogenated alkanes) is 27. The Morgan fingerprint density at radius 1 is 0.317 bits per heavy atom. The Bertz CT molecular complexity index is 1150. The molecular weight excluding hydrogens is 781 g/mol. The van der Waals surface area contributed by atoms with Crippen molar-refractivity contribution in [3.8, 4) is 0 Å². The molecule has 6 nitrogen and oxygen atoms in total. The third-order valence-corrected chi connectivity index (χ3v) is 11.4. The zero-order chi connectivity index (χ0) is 45.8. The second-order valence-corrected chi connectivity index (χ2v) is 17.8. The van der Waals surface area contributed by atoms with E-state index >= 15 is 0 Å². The summed E-state index contributed by atoms with van der Waals surface area (Å²) in [6.45, 7) is 6.52. The van der Waals surface area contributed by atoms with Gasteiger partial charge in [0, 0.05) is 19.3 Å². The number of esters is 3. The van der Waals surface area contributed by atoms with E-state index in [9.17, 15) is 14.4 Å². The van der Waals surface area contributed by atoms with Crippen LogP contribution in [-0.4, -0.2) is 37.2 Å². The quantitative estimate of drug-likeness (QED) is 0.0262. The van der Waals surface area contributed by atoms with Crippen LogP contribution in [0.5, 0.6) is 0 Å². The molecule has 0 saturated carbocycles. The molecule has 6 heteroatoms. The van der Waals surface area contributed by atoms with E-state index in [0.717, 1.165) is 103 Å². The lowest BCUT2D eigenvalue weighted by Gasteiger charge is -2.18. The monoisotopic (exact) mass is 881 g/mol. The van der Waals surface area contributed by atoms with E-state index in [1.807, 2.05) is 0 Å². The number of hydrogen-bond acceptors (Lipinski definition) is 6. The van der Waals surface area contributed by atoms with Crippen molar-refractivity contribution in [1.29, 1.82) is 0 Å². The molecule has 0 spiro atoms. The third kappa shape index (κ3) is 50.0. The molecule has 0 aliphatic heterocycles. The first-order valence-electron chi connectivity index (χ1n) is 26.8. The van der Waals surface area contributed by atoms with Crippen LogP contribution in [0, 0.1) is 0 Å². The molecule has 0 aliphatic rings. The van der Waals surface area contributed by atoms with Gasteiger partial charge in [0.05, 0.1) is 0 Å². The fraction of sp³-hybridized carbons (Fsp3) is 0.772. The molecule has 1 atom stereocenters. The minimum Gasteiger partial charge on any atom is -0.462 e. The molecule has 0 N–H and O–H groups in total. The average Bonchev–Trinajstić information content (AvgIpc) is 3.28. The molecule has 0 aromatic rings. The van der Waals surface area contributed by atoms with E-state index in [-0.39, 0.29) is 31.1 Å². The Morgan fingerprint density at radius 2 is 0.603 bits per heavy atom. The minimum atomic E-state index is -0.785. The second kappa shape index (κ2) is 51.7. The Balaban J connectivity index is 4.35. The topological polar surface area (TPSA) is 78.9 Å². The summed E-state index contributed by atoms with van der Waals surface area (Å²) in [5, 5.41) is 0. The lowest BCUT2D eigenvalue weighted by atomic mass is 10.1. The fourth-order valence-electron chi connectivity index (χ4n) is 7.39. The summed E-state index contributed by atoms with van der Waals surface area (Å²) in [5.41, 5.74) is 0. The first kappa shape index (κ1) is 60.1. The van der Waals surface area contributed by atoms with Gasteiger partial charge in [-0.1, -0.05) is 204 Å². The Hall–Kier alpha value is -2.89. The molecule has 0 aromatic heterocycles. The van der Waals surface area contributed by atoms with Gasteiger partial charge < -0.3 is 14.2 Å². The predicted molar refractivity (Wildman–Crippen MR) is 270 cm³/mol. The third-order valence-electron chi connectivity index (χ3n) is 11.4. The van der Waals surface area contributed by atoms with Crippen molar-refractivity contribution in [3.63, 3.8) is 0 Å². The van der Waals surface area contributed by atoms with E-state index in [4.69, 9.17) is 14.2 Å².